The van der Waals surface area contributed by atoms with E-state index in [2.05, 4.69) is 24.1 Å². The number of rotatable bonds is 7. The van der Waals surface area contributed by atoms with Gasteiger partial charge in [0.25, 0.3) is 0 Å². The van der Waals surface area contributed by atoms with Crippen LogP contribution in [0.25, 0.3) is 0 Å². The molecule has 0 aliphatic rings. The number of halogens is 3. The van der Waals surface area contributed by atoms with E-state index in [0.717, 1.165) is 31.5 Å². The minimum atomic E-state index is -4.32. The number of thioether (sulfide) groups is 1. The second-order valence-corrected chi connectivity index (χ2v) is 5.89. The largest absolute Gasteiger partial charge is 0.417 e. The van der Waals surface area contributed by atoms with Crippen molar-refractivity contribution < 1.29 is 13.2 Å². The summed E-state index contributed by atoms with van der Waals surface area (Å²) in [6.45, 7) is 4.21. The lowest BCUT2D eigenvalue weighted by Crippen LogP contribution is -2.35. The fraction of sp³-hybridized carbons (Fsp3) is 0.643. The normalized spacial score (nSPS) is 15.1. The summed E-state index contributed by atoms with van der Waals surface area (Å²) in [7, 11) is 1.92. The molecule has 20 heavy (non-hydrogen) atoms. The average molecular weight is 306 g/mol. The van der Waals surface area contributed by atoms with Gasteiger partial charge in [-0.25, -0.2) is 4.98 Å². The quantitative estimate of drug-likeness (QED) is 0.758. The lowest BCUT2D eigenvalue weighted by Gasteiger charge is -2.24. The molecule has 2 nitrogen and oxygen atoms in total. The molecule has 0 radical (unpaired) electrons. The highest BCUT2D eigenvalue weighted by molar-refractivity contribution is 7.99. The molecule has 1 aromatic heterocycles. The van der Waals surface area contributed by atoms with E-state index in [1.54, 1.807) is 0 Å². The molecule has 1 N–H and O–H groups in total. The number of nitrogens with zero attached hydrogens (tertiary/aromatic N) is 1. The van der Waals surface area contributed by atoms with Crippen molar-refractivity contribution in [2.24, 2.45) is 0 Å². The molecule has 1 aromatic rings. The molecule has 0 fully saturated rings. The highest BCUT2D eigenvalue weighted by Crippen LogP contribution is 2.32. The van der Waals surface area contributed by atoms with Gasteiger partial charge in [0.05, 0.1) is 10.6 Å². The predicted molar refractivity (Wildman–Crippen MR) is 76.9 cm³/mol. The lowest BCUT2D eigenvalue weighted by atomic mass is 10.1. The van der Waals surface area contributed by atoms with E-state index in [1.165, 1.54) is 17.8 Å². The minimum Gasteiger partial charge on any atom is -0.316 e. The Morgan fingerprint density at radius 1 is 1.30 bits per heavy atom. The Kier molecular flexibility index (Phi) is 6.82. The summed E-state index contributed by atoms with van der Waals surface area (Å²) in [5.74, 6) is 0. The molecule has 1 rings (SSSR count). The fourth-order valence-electron chi connectivity index (χ4n) is 2.05. The molecule has 0 saturated carbocycles. The molecule has 0 saturated heterocycles. The Morgan fingerprint density at radius 2 is 2.00 bits per heavy atom. The van der Waals surface area contributed by atoms with Gasteiger partial charge in [0.15, 0.2) is 0 Å². The van der Waals surface area contributed by atoms with Crippen LogP contribution in [-0.2, 0) is 6.18 Å². The first-order valence-electron chi connectivity index (χ1n) is 6.79. The Balaban J connectivity index is 2.75. The van der Waals surface area contributed by atoms with Crippen LogP contribution in [0.1, 0.15) is 38.7 Å². The third-order valence-electron chi connectivity index (χ3n) is 3.16. The van der Waals surface area contributed by atoms with Crippen molar-refractivity contribution in [3.05, 3.63) is 23.9 Å². The molecule has 0 aliphatic carbocycles. The molecule has 6 heteroatoms. The molecule has 114 valence electrons. The van der Waals surface area contributed by atoms with Crippen molar-refractivity contribution in [2.45, 2.75) is 55.6 Å². The molecule has 0 aliphatic heterocycles. The summed E-state index contributed by atoms with van der Waals surface area (Å²) in [5, 5.41) is 4.23. The zero-order valence-electron chi connectivity index (χ0n) is 12.0. The maximum atomic E-state index is 12.5. The number of aromatic nitrogens is 1. The van der Waals surface area contributed by atoms with Gasteiger partial charge >= 0.3 is 6.18 Å². The predicted octanol–water partition coefficient (Wildman–Crippen LogP) is 4.36. The number of hydrogen-bond acceptors (Lipinski definition) is 3. The zero-order valence-corrected chi connectivity index (χ0v) is 12.8. The van der Waals surface area contributed by atoms with Crippen molar-refractivity contribution >= 4 is 11.8 Å². The second kappa shape index (κ2) is 7.88. The van der Waals surface area contributed by atoms with E-state index in [4.69, 9.17) is 0 Å². The first-order chi connectivity index (χ1) is 9.42. The van der Waals surface area contributed by atoms with Gasteiger partial charge in [-0.2, -0.15) is 13.2 Å². The van der Waals surface area contributed by atoms with Crippen LogP contribution in [0.15, 0.2) is 23.4 Å². The van der Waals surface area contributed by atoms with E-state index >= 15 is 0 Å². The third kappa shape index (κ3) is 4.98. The Labute approximate surface area is 122 Å². The van der Waals surface area contributed by atoms with Crippen molar-refractivity contribution in [3.8, 4) is 0 Å². The number of pyridine rings is 1. The molecule has 2 atom stereocenters. The van der Waals surface area contributed by atoms with Gasteiger partial charge in [0.1, 0.15) is 0 Å². The van der Waals surface area contributed by atoms with Crippen LogP contribution in [0.5, 0.6) is 0 Å². The van der Waals surface area contributed by atoms with Crippen LogP contribution in [-0.4, -0.2) is 23.3 Å². The molecular formula is C14H21F3N2S. The highest BCUT2D eigenvalue weighted by atomic mass is 32.2. The number of nitrogens with one attached hydrogen (secondary N) is 1. The maximum absolute atomic E-state index is 12.5. The van der Waals surface area contributed by atoms with Crippen molar-refractivity contribution in [3.63, 3.8) is 0 Å². The van der Waals surface area contributed by atoms with E-state index < -0.39 is 11.7 Å². The summed E-state index contributed by atoms with van der Waals surface area (Å²) in [6.07, 6.45) is -0.357. The zero-order chi connectivity index (χ0) is 15.2. The van der Waals surface area contributed by atoms with Crippen molar-refractivity contribution in [2.75, 3.05) is 7.05 Å². The van der Waals surface area contributed by atoms with Crippen LogP contribution in [0, 0.1) is 0 Å². The van der Waals surface area contributed by atoms with Crippen LogP contribution in [0.2, 0.25) is 0 Å². The molecule has 2 unspecified atom stereocenters. The molecule has 1 heterocycles. The van der Waals surface area contributed by atoms with Crippen LogP contribution in [0.4, 0.5) is 13.2 Å². The summed E-state index contributed by atoms with van der Waals surface area (Å²) in [4.78, 5) is 3.92. The van der Waals surface area contributed by atoms with Crippen LogP contribution in [0.3, 0.4) is 0 Å². The smallest absolute Gasteiger partial charge is 0.316 e. The minimum absolute atomic E-state index is 0.309. The first-order valence-corrected chi connectivity index (χ1v) is 7.67. The summed E-state index contributed by atoms with van der Waals surface area (Å²) >= 11 is 1.54. The highest BCUT2D eigenvalue weighted by Gasteiger charge is 2.30. The molecule has 0 amide bonds. The topological polar surface area (TPSA) is 24.9 Å². The SMILES string of the molecule is CCCC(NC)C(CC)Sc1ccc(C(F)(F)F)cn1. The second-order valence-electron chi connectivity index (χ2n) is 4.63. The van der Waals surface area contributed by atoms with Gasteiger partial charge < -0.3 is 5.32 Å². The molecule has 0 aromatic carbocycles. The lowest BCUT2D eigenvalue weighted by molar-refractivity contribution is -0.137. The van der Waals surface area contributed by atoms with Gasteiger partial charge in [-0.1, -0.05) is 20.3 Å². The van der Waals surface area contributed by atoms with Gasteiger partial charge in [0.2, 0.25) is 0 Å². The van der Waals surface area contributed by atoms with Gasteiger partial charge in [-0.15, -0.1) is 11.8 Å². The van der Waals surface area contributed by atoms with E-state index in [-0.39, 0.29) is 0 Å². The molecule has 0 spiro atoms. The number of hydrogen-bond donors (Lipinski definition) is 1. The standard InChI is InChI=1S/C14H21F3N2S/c1-4-6-11(18-3)12(5-2)20-13-8-7-10(9-19-13)14(15,16)17/h7-9,11-12,18H,4-6H2,1-3H3. The van der Waals surface area contributed by atoms with Gasteiger partial charge in [-0.3, -0.25) is 0 Å². The Bertz CT molecular complexity index is 392. The molecule has 0 bridgehead atoms. The monoisotopic (exact) mass is 306 g/mol. The number of alkyl halides is 3. The van der Waals surface area contributed by atoms with E-state index in [0.29, 0.717) is 16.3 Å². The fourth-order valence-corrected chi connectivity index (χ4v) is 3.22. The Hall–Kier alpha value is -0.750. The third-order valence-corrected chi connectivity index (χ3v) is 4.61. The van der Waals surface area contributed by atoms with E-state index in [1.807, 2.05) is 7.05 Å². The molecular weight excluding hydrogens is 285 g/mol. The van der Waals surface area contributed by atoms with E-state index in [9.17, 15) is 13.2 Å². The summed E-state index contributed by atoms with van der Waals surface area (Å²) in [5.41, 5.74) is -0.700. The van der Waals surface area contributed by atoms with Gasteiger partial charge in [-0.05, 0) is 32.0 Å². The average Bonchev–Trinajstić information content (AvgIpc) is 2.42. The Morgan fingerprint density at radius 3 is 2.40 bits per heavy atom. The van der Waals surface area contributed by atoms with Crippen molar-refractivity contribution in [1.29, 1.82) is 0 Å². The summed E-state index contributed by atoms with van der Waals surface area (Å²) < 4.78 is 37.4. The van der Waals surface area contributed by atoms with Crippen LogP contribution >= 0.6 is 11.8 Å². The maximum Gasteiger partial charge on any atom is 0.417 e. The van der Waals surface area contributed by atoms with Gasteiger partial charge in [0, 0.05) is 17.5 Å². The van der Waals surface area contributed by atoms with Crippen LogP contribution < -0.4 is 5.32 Å². The summed E-state index contributed by atoms with van der Waals surface area (Å²) in [6, 6.07) is 2.89. The van der Waals surface area contributed by atoms with Crippen molar-refractivity contribution in [1.82, 2.24) is 10.3 Å². The first kappa shape index (κ1) is 17.3.